The lowest BCUT2D eigenvalue weighted by Gasteiger charge is -2.20. The van der Waals surface area contributed by atoms with E-state index in [1.165, 1.54) is 12.1 Å². The summed E-state index contributed by atoms with van der Waals surface area (Å²) in [6.07, 6.45) is 0.640. The van der Waals surface area contributed by atoms with E-state index in [4.69, 9.17) is 4.74 Å². The van der Waals surface area contributed by atoms with Crippen LogP contribution in [0.5, 0.6) is 0 Å². The van der Waals surface area contributed by atoms with Crippen LogP contribution in [0.3, 0.4) is 0 Å². The third-order valence-electron chi connectivity index (χ3n) is 4.09. The van der Waals surface area contributed by atoms with Crippen LogP contribution in [0.15, 0.2) is 60.7 Å². The lowest BCUT2D eigenvalue weighted by Crippen LogP contribution is -2.20. The summed E-state index contributed by atoms with van der Waals surface area (Å²) < 4.78 is 18.3. The Balaban J connectivity index is 1.82. The van der Waals surface area contributed by atoms with E-state index in [9.17, 15) is 9.18 Å². The molecule has 4 nitrogen and oxygen atoms in total. The Morgan fingerprint density at radius 3 is 2.56 bits per heavy atom. The van der Waals surface area contributed by atoms with Gasteiger partial charge in [-0.1, -0.05) is 30.3 Å². The van der Waals surface area contributed by atoms with Gasteiger partial charge in [0.1, 0.15) is 17.2 Å². The standard InChI is InChI=1S/C20H15FN2O2/c21-15-6-8-16(9-7-15)22-19-18-14(10-11-25-20(18)24)12-17(23-19)13-4-2-1-3-5-13/h1-9,12H,10-11H2,(H,22,23). The van der Waals surface area contributed by atoms with Crippen molar-refractivity contribution in [3.05, 3.63) is 77.6 Å². The summed E-state index contributed by atoms with van der Waals surface area (Å²) in [6, 6.07) is 17.6. The number of carbonyl (C=O) groups excluding carboxylic acids is 1. The second kappa shape index (κ2) is 6.36. The molecule has 2 heterocycles. The average molecular weight is 334 g/mol. The summed E-state index contributed by atoms with van der Waals surface area (Å²) in [6.45, 7) is 0.361. The van der Waals surface area contributed by atoms with Crippen molar-refractivity contribution in [3.8, 4) is 11.3 Å². The van der Waals surface area contributed by atoms with Gasteiger partial charge in [0.2, 0.25) is 0 Å². The zero-order valence-corrected chi connectivity index (χ0v) is 13.3. The molecule has 5 heteroatoms. The molecule has 0 atom stereocenters. The fraction of sp³-hybridized carbons (Fsp3) is 0.100. The molecule has 0 bridgehead atoms. The van der Waals surface area contributed by atoms with E-state index in [2.05, 4.69) is 10.3 Å². The molecule has 1 aliphatic rings. The number of hydrogen-bond acceptors (Lipinski definition) is 4. The zero-order chi connectivity index (χ0) is 17.2. The van der Waals surface area contributed by atoms with Crippen molar-refractivity contribution in [1.29, 1.82) is 0 Å². The highest BCUT2D eigenvalue weighted by Gasteiger charge is 2.25. The minimum absolute atomic E-state index is 0.321. The number of fused-ring (bicyclic) bond motifs is 1. The van der Waals surface area contributed by atoms with Crippen molar-refractivity contribution < 1.29 is 13.9 Å². The van der Waals surface area contributed by atoms with Crippen LogP contribution < -0.4 is 5.32 Å². The van der Waals surface area contributed by atoms with Crippen molar-refractivity contribution in [3.63, 3.8) is 0 Å². The van der Waals surface area contributed by atoms with Crippen LogP contribution in [0.4, 0.5) is 15.9 Å². The van der Waals surface area contributed by atoms with Gasteiger partial charge in [-0.15, -0.1) is 0 Å². The quantitative estimate of drug-likeness (QED) is 0.724. The molecule has 25 heavy (non-hydrogen) atoms. The average Bonchev–Trinajstić information content (AvgIpc) is 2.64. The number of carbonyl (C=O) groups is 1. The third-order valence-corrected chi connectivity index (χ3v) is 4.09. The molecule has 0 spiro atoms. The molecule has 4 rings (SSSR count). The summed E-state index contributed by atoms with van der Waals surface area (Å²) in [5.41, 5.74) is 3.73. The normalized spacial score (nSPS) is 13.1. The third kappa shape index (κ3) is 3.08. The van der Waals surface area contributed by atoms with Crippen molar-refractivity contribution in [2.24, 2.45) is 0 Å². The van der Waals surface area contributed by atoms with Crippen molar-refractivity contribution in [2.45, 2.75) is 6.42 Å². The van der Waals surface area contributed by atoms with Crippen LogP contribution >= 0.6 is 0 Å². The first-order valence-corrected chi connectivity index (χ1v) is 8.00. The summed E-state index contributed by atoms with van der Waals surface area (Å²) in [4.78, 5) is 16.9. The van der Waals surface area contributed by atoms with Gasteiger partial charge in [-0.25, -0.2) is 14.2 Å². The van der Waals surface area contributed by atoms with Crippen molar-refractivity contribution in [2.75, 3.05) is 11.9 Å². The van der Waals surface area contributed by atoms with Crippen LogP contribution in [0.2, 0.25) is 0 Å². The van der Waals surface area contributed by atoms with Gasteiger partial charge in [0.15, 0.2) is 0 Å². The molecule has 124 valence electrons. The second-order valence-corrected chi connectivity index (χ2v) is 5.77. The Morgan fingerprint density at radius 2 is 1.80 bits per heavy atom. The van der Waals surface area contributed by atoms with Crippen molar-refractivity contribution in [1.82, 2.24) is 4.98 Å². The van der Waals surface area contributed by atoms with Crippen molar-refractivity contribution >= 4 is 17.5 Å². The molecule has 0 saturated carbocycles. The molecule has 1 aliphatic heterocycles. The summed E-state index contributed by atoms with van der Waals surface area (Å²) in [5, 5.41) is 3.12. The monoisotopic (exact) mass is 334 g/mol. The lowest BCUT2D eigenvalue weighted by atomic mass is 10.0. The zero-order valence-electron chi connectivity index (χ0n) is 13.3. The Kier molecular flexibility index (Phi) is 3.90. The molecular formula is C20H15FN2O2. The first-order valence-electron chi connectivity index (χ1n) is 8.00. The number of ether oxygens (including phenoxy) is 1. The molecule has 1 aromatic heterocycles. The lowest BCUT2D eigenvalue weighted by molar-refractivity contribution is 0.0481. The van der Waals surface area contributed by atoms with E-state index in [0.29, 0.717) is 30.1 Å². The highest BCUT2D eigenvalue weighted by Crippen LogP contribution is 2.30. The molecule has 0 aliphatic carbocycles. The topological polar surface area (TPSA) is 51.2 Å². The number of esters is 1. The van der Waals surface area contributed by atoms with Gasteiger partial charge < -0.3 is 10.1 Å². The Hall–Kier alpha value is -3.21. The Labute approximate surface area is 144 Å². The number of anilines is 2. The molecule has 0 saturated heterocycles. The van der Waals surface area contributed by atoms with Gasteiger partial charge in [0.25, 0.3) is 0 Å². The summed E-state index contributed by atoms with van der Waals surface area (Å²) >= 11 is 0. The maximum atomic E-state index is 13.1. The van der Waals surface area contributed by atoms with Crippen LogP contribution in [-0.2, 0) is 11.2 Å². The van der Waals surface area contributed by atoms with Gasteiger partial charge in [0.05, 0.1) is 12.3 Å². The molecule has 0 fully saturated rings. The number of nitrogens with zero attached hydrogens (tertiary/aromatic N) is 1. The second-order valence-electron chi connectivity index (χ2n) is 5.77. The highest BCUT2D eigenvalue weighted by atomic mass is 19.1. The number of aromatic nitrogens is 1. The van der Waals surface area contributed by atoms with Crippen LogP contribution in [0, 0.1) is 5.82 Å². The van der Waals surface area contributed by atoms with Gasteiger partial charge in [-0.2, -0.15) is 0 Å². The van der Waals surface area contributed by atoms with E-state index in [1.807, 2.05) is 36.4 Å². The molecule has 2 aromatic carbocycles. The minimum atomic E-state index is -0.391. The van der Waals surface area contributed by atoms with Crippen LogP contribution in [0.1, 0.15) is 15.9 Å². The maximum Gasteiger partial charge on any atom is 0.342 e. The molecule has 1 N–H and O–H groups in total. The van der Waals surface area contributed by atoms with Gasteiger partial charge in [0, 0.05) is 17.7 Å². The number of cyclic esters (lactones) is 1. The predicted octanol–water partition coefficient (Wildman–Crippen LogP) is 4.34. The first kappa shape index (κ1) is 15.3. The Morgan fingerprint density at radius 1 is 1.04 bits per heavy atom. The number of halogens is 1. The largest absolute Gasteiger partial charge is 0.462 e. The summed E-state index contributed by atoms with van der Waals surface area (Å²) in [5.74, 6) is -0.288. The van der Waals surface area contributed by atoms with E-state index < -0.39 is 5.97 Å². The van der Waals surface area contributed by atoms with Gasteiger partial charge in [-0.05, 0) is 35.9 Å². The molecule has 0 radical (unpaired) electrons. The van der Waals surface area contributed by atoms with E-state index >= 15 is 0 Å². The molecular weight excluding hydrogens is 319 g/mol. The fourth-order valence-electron chi connectivity index (χ4n) is 2.87. The van der Waals surface area contributed by atoms with Crippen LogP contribution in [-0.4, -0.2) is 17.6 Å². The van der Waals surface area contributed by atoms with E-state index in [-0.39, 0.29) is 5.82 Å². The minimum Gasteiger partial charge on any atom is -0.462 e. The van der Waals surface area contributed by atoms with E-state index in [1.54, 1.807) is 12.1 Å². The number of nitrogens with one attached hydrogen (secondary N) is 1. The molecule has 0 amide bonds. The number of benzene rings is 2. The highest BCUT2D eigenvalue weighted by molar-refractivity contribution is 5.98. The Bertz CT molecular complexity index is 924. The number of rotatable bonds is 3. The van der Waals surface area contributed by atoms with Crippen LogP contribution in [0.25, 0.3) is 11.3 Å². The fourth-order valence-corrected chi connectivity index (χ4v) is 2.87. The molecule has 0 unspecified atom stereocenters. The maximum absolute atomic E-state index is 13.1. The first-order chi connectivity index (χ1) is 12.2. The van der Waals surface area contributed by atoms with E-state index in [0.717, 1.165) is 16.8 Å². The smallest absolute Gasteiger partial charge is 0.342 e. The molecule has 3 aromatic rings. The SMILES string of the molecule is O=C1OCCc2cc(-c3ccccc3)nc(Nc3ccc(F)cc3)c21. The van der Waals surface area contributed by atoms with Gasteiger partial charge in [-0.3, -0.25) is 0 Å². The summed E-state index contributed by atoms with van der Waals surface area (Å²) in [7, 11) is 0. The number of pyridine rings is 1. The van der Waals surface area contributed by atoms with Gasteiger partial charge >= 0.3 is 5.97 Å². The number of hydrogen-bond donors (Lipinski definition) is 1. The predicted molar refractivity (Wildman–Crippen MR) is 93.3 cm³/mol.